The van der Waals surface area contributed by atoms with Crippen molar-refractivity contribution in [3.63, 3.8) is 0 Å². The third-order valence-electron chi connectivity index (χ3n) is 2.93. The van der Waals surface area contributed by atoms with Crippen molar-refractivity contribution < 1.29 is 23.9 Å². The first-order valence-corrected chi connectivity index (χ1v) is 8.25. The minimum atomic E-state index is -0.688. The Morgan fingerprint density at radius 2 is 1.64 bits per heavy atom. The van der Waals surface area contributed by atoms with Gasteiger partial charge in [-0.2, -0.15) is 0 Å². The maximum atomic E-state index is 11.9. The van der Waals surface area contributed by atoms with Crippen molar-refractivity contribution in [1.82, 2.24) is 10.6 Å². The quantitative estimate of drug-likeness (QED) is 0.702. The van der Waals surface area contributed by atoms with E-state index in [1.807, 2.05) is 27.7 Å². The summed E-state index contributed by atoms with van der Waals surface area (Å²) in [7, 11) is 0. The van der Waals surface area contributed by atoms with Crippen LogP contribution in [0, 0.1) is 11.8 Å². The molecule has 1 aromatic rings. The van der Waals surface area contributed by atoms with E-state index in [0.29, 0.717) is 30.4 Å². The van der Waals surface area contributed by atoms with Crippen LogP contribution in [-0.2, 0) is 9.53 Å². The van der Waals surface area contributed by atoms with E-state index in [-0.39, 0.29) is 5.92 Å². The average Bonchev–Trinajstić information content (AvgIpc) is 2.56. The van der Waals surface area contributed by atoms with E-state index in [0.717, 1.165) is 0 Å². The molecule has 0 aliphatic heterocycles. The van der Waals surface area contributed by atoms with Gasteiger partial charge in [0.1, 0.15) is 5.75 Å². The van der Waals surface area contributed by atoms with Gasteiger partial charge in [-0.15, -0.1) is 0 Å². The van der Waals surface area contributed by atoms with Gasteiger partial charge >= 0.3 is 12.0 Å². The van der Waals surface area contributed by atoms with Crippen LogP contribution in [0.15, 0.2) is 24.3 Å². The molecule has 2 N–H and O–H groups in total. The number of rotatable bonds is 8. The molecule has 0 aromatic heterocycles. The molecule has 1 aromatic carbocycles. The molecule has 3 amide bonds. The van der Waals surface area contributed by atoms with Crippen molar-refractivity contribution in [3.05, 3.63) is 29.8 Å². The van der Waals surface area contributed by atoms with Crippen LogP contribution in [0.3, 0.4) is 0 Å². The Kier molecular flexibility index (Phi) is 8.46. The number of carbonyl (C=O) groups excluding carboxylic acids is 3. The van der Waals surface area contributed by atoms with Crippen LogP contribution in [0.2, 0.25) is 0 Å². The predicted molar refractivity (Wildman–Crippen MR) is 93.4 cm³/mol. The van der Waals surface area contributed by atoms with E-state index >= 15 is 0 Å². The molecule has 0 aliphatic carbocycles. The van der Waals surface area contributed by atoms with Crippen LogP contribution in [0.4, 0.5) is 4.79 Å². The van der Waals surface area contributed by atoms with Gasteiger partial charge in [-0.25, -0.2) is 9.59 Å². The maximum Gasteiger partial charge on any atom is 0.338 e. The van der Waals surface area contributed by atoms with Crippen molar-refractivity contribution in [3.8, 4) is 5.75 Å². The number of imide groups is 1. The second kappa shape index (κ2) is 10.3. The minimum Gasteiger partial charge on any atom is -0.493 e. The van der Waals surface area contributed by atoms with Gasteiger partial charge in [0, 0.05) is 6.54 Å². The lowest BCUT2D eigenvalue weighted by molar-refractivity contribution is -0.123. The minimum absolute atomic E-state index is 0.270. The molecule has 0 saturated heterocycles. The zero-order valence-electron chi connectivity index (χ0n) is 15.1. The number of hydrogen-bond donors (Lipinski definition) is 2. The van der Waals surface area contributed by atoms with E-state index in [4.69, 9.17) is 9.47 Å². The smallest absolute Gasteiger partial charge is 0.338 e. The SMILES string of the molecule is CC(C)CNC(=O)NC(=O)COC(=O)c1ccc(OCC(C)C)cc1. The third-order valence-corrected chi connectivity index (χ3v) is 2.93. The fourth-order valence-electron chi connectivity index (χ4n) is 1.67. The van der Waals surface area contributed by atoms with E-state index in [1.54, 1.807) is 24.3 Å². The average molecular weight is 350 g/mol. The van der Waals surface area contributed by atoms with Crippen LogP contribution in [0.5, 0.6) is 5.75 Å². The summed E-state index contributed by atoms with van der Waals surface area (Å²) >= 11 is 0. The van der Waals surface area contributed by atoms with Gasteiger partial charge in [0.2, 0.25) is 0 Å². The molecule has 7 heteroatoms. The van der Waals surface area contributed by atoms with Crippen molar-refractivity contribution >= 4 is 17.9 Å². The van der Waals surface area contributed by atoms with E-state index in [1.165, 1.54) is 0 Å². The van der Waals surface area contributed by atoms with Crippen molar-refractivity contribution in [2.75, 3.05) is 19.8 Å². The highest BCUT2D eigenvalue weighted by Gasteiger charge is 2.12. The standard InChI is InChI=1S/C18H26N2O5/c1-12(2)9-19-18(23)20-16(21)11-25-17(22)14-5-7-15(8-6-14)24-10-13(3)4/h5-8,12-13H,9-11H2,1-4H3,(H2,19,20,21,23). The van der Waals surface area contributed by atoms with Crippen LogP contribution < -0.4 is 15.4 Å². The van der Waals surface area contributed by atoms with Gasteiger partial charge in [-0.3, -0.25) is 10.1 Å². The predicted octanol–water partition coefficient (Wildman–Crippen LogP) is 2.36. The molecule has 1 rings (SSSR count). The van der Waals surface area contributed by atoms with E-state index < -0.39 is 24.5 Å². The number of esters is 1. The summed E-state index contributed by atoms with van der Waals surface area (Å²) in [6, 6.07) is 5.84. The zero-order valence-corrected chi connectivity index (χ0v) is 15.1. The summed E-state index contributed by atoms with van der Waals surface area (Å²) in [6.45, 7) is 8.46. The molecule has 25 heavy (non-hydrogen) atoms. The van der Waals surface area contributed by atoms with Crippen LogP contribution in [0.1, 0.15) is 38.1 Å². The highest BCUT2D eigenvalue weighted by Crippen LogP contribution is 2.14. The molecule has 0 fully saturated rings. The molecule has 0 saturated carbocycles. The molecular weight excluding hydrogens is 324 g/mol. The summed E-state index contributed by atoms with van der Waals surface area (Å²) in [4.78, 5) is 34.9. The van der Waals surface area contributed by atoms with Crippen LogP contribution in [-0.4, -0.2) is 37.7 Å². The number of amides is 3. The molecule has 0 unspecified atom stereocenters. The molecule has 0 atom stereocenters. The first kappa shape index (κ1) is 20.5. The fraction of sp³-hybridized carbons (Fsp3) is 0.500. The summed E-state index contributed by atoms with van der Waals surface area (Å²) in [5, 5.41) is 4.63. The van der Waals surface area contributed by atoms with Gasteiger partial charge in [-0.05, 0) is 36.1 Å². The van der Waals surface area contributed by atoms with Gasteiger partial charge in [0.25, 0.3) is 5.91 Å². The third kappa shape index (κ3) is 8.74. The number of nitrogens with one attached hydrogen (secondary N) is 2. The summed E-state index contributed by atoms with van der Waals surface area (Å²) in [5.74, 6) is -0.00322. The van der Waals surface area contributed by atoms with Crippen molar-refractivity contribution in [2.24, 2.45) is 11.8 Å². The van der Waals surface area contributed by atoms with Crippen LogP contribution >= 0.6 is 0 Å². The second-order valence-corrected chi connectivity index (χ2v) is 6.46. The molecular formula is C18H26N2O5. The Bertz CT molecular complexity index is 582. The van der Waals surface area contributed by atoms with Crippen LogP contribution in [0.25, 0.3) is 0 Å². The monoisotopic (exact) mass is 350 g/mol. The summed E-state index contributed by atoms with van der Waals surface area (Å²) in [6.07, 6.45) is 0. The lowest BCUT2D eigenvalue weighted by atomic mass is 10.2. The van der Waals surface area contributed by atoms with Gasteiger partial charge in [0.15, 0.2) is 6.61 Å². The molecule has 0 spiro atoms. The fourth-order valence-corrected chi connectivity index (χ4v) is 1.67. The zero-order chi connectivity index (χ0) is 18.8. The van der Waals surface area contributed by atoms with Crippen molar-refractivity contribution in [1.29, 1.82) is 0 Å². The Labute approximate surface area is 148 Å². The Balaban J connectivity index is 2.38. The molecule has 138 valence electrons. The number of ether oxygens (including phenoxy) is 2. The Hall–Kier alpha value is -2.57. The van der Waals surface area contributed by atoms with Gasteiger partial charge < -0.3 is 14.8 Å². The molecule has 0 radical (unpaired) electrons. The summed E-state index contributed by atoms with van der Waals surface area (Å²) in [5.41, 5.74) is 0.300. The largest absolute Gasteiger partial charge is 0.493 e. The molecule has 0 aliphatic rings. The summed E-state index contributed by atoms with van der Waals surface area (Å²) < 4.78 is 10.4. The highest BCUT2D eigenvalue weighted by atomic mass is 16.5. The maximum absolute atomic E-state index is 11.9. The van der Waals surface area contributed by atoms with Gasteiger partial charge in [-0.1, -0.05) is 27.7 Å². The van der Waals surface area contributed by atoms with E-state index in [2.05, 4.69) is 10.6 Å². The molecule has 0 bridgehead atoms. The van der Waals surface area contributed by atoms with Crippen molar-refractivity contribution in [2.45, 2.75) is 27.7 Å². The normalized spacial score (nSPS) is 10.5. The second-order valence-electron chi connectivity index (χ2n) is 6.46. The lowest BCUT2D eigenvalue weighted by Gasteiger charge is -2.10. The Morgan fingerprint density at radius 3 is 2.20 bits per heavy atom. The number of hydrogen-bond acceptors (Lipinski definition) is 5. The molecule has 0 heterocycles. The number of urea groups is 1. The first-order chi connectivity index (χ1) is 11.8. The molecule has 7 nitrogen and oxygen atoms in total. The number of benzene rings is 1. The first-order valence-electron chi connectivity index (χ1n) is 8.25. The number of carbonyl (C=O) groups is 3. The van der Waals surface area contributed by atoms with E-state index in [9.17, 15) is 14.4 Å². The Morgan fingerprint density at radius 1 is 1.00 bits per heavy atom. The topological polar surface area (TPSA) is 93.7 Å². The van der Waals surface area contributed by atoms with Gasteiger partial charge in [0.05, 0.1) is 12.2 Å². The lowest BCUT2D eigenvalue weighted by Crippen LogP contribution is -2.42. The highest BCUT2D eigenvalue weighted by molar-refractivity contribution is 5.97.